The molecule has 0 radical (unpaired) electrons. The highest BCUT2D eigenvalue weighted by atomic mass is 16.2. The number of benzene rings is 1. The monoisotopic (exact) mass is 253 g/mol. The first-order valence-corrected chi connectivity index (χ1v) is 6.31. The van der Waals surface area contributed by atoms with Crippen LogP contribution in [0, 0.1) is 0 Å². The Morgan fingerprint density at radius 2 is 2.16 bits per heavy atom. The molecule has 96 valence electrons. The maximum Gasteiger partial charge on any atom is 0.254 e. The van der Waals surface area contributed by atoms with Crippen LogP contribution < -0.4 is 5.73 Å². The molecule has 4 heteroatoms. The predicted molar refractivity (Wildman–Crippen MR) is 73.5 cm³/mol. The van der Waals surface area contributed by atoms with Gasteiger partial charge in [0.2, 0.25) is 0 Å². The van der Waals surface area contributed by atoms with Crippen molar-refractivity contribution in [1.82, 2.24) is 9.88 Å². The van der Waals surface area contributed by atoms with Gasteiger partial charge in [-0.15, -0.1) is 0 Å². The molecule has 19 heavy (non-hydrogen) atoms. The van der Waals surface area contributed by atoms with E-state index < -0.39 is 0 Å². The summed E-state index contributed by atoms with van der Waals surface area (Å²) < 4.78 is 0. The van der Waals surface area contributed by atoms with Crippen LogP contribution in [0.1, 0.15) is 21.6 Å². The summed E-state index contributed by atoms with van der Waals surface area (Å²) in [6, 6.07) is 11.1. The second-order valence-electron chi connectivity index (χ2n) is 4.71. The summed E-state index contributed by atoms with van der Waals surface area (Å²) in [4.78, 5) is 18.6. The van der Waals surface area contributed by atoms with Crippen molar-refractivity contribution >= 4 is 11.6 Å². The lowest BCUT2D eigenvalue weighted by atomic mass is 10.0. The Balaban J connectivity index is 1.83. The van der Waals surface area contributed by atoms with Crippen molar-refractivity contribution in [3.63, 3.8) is 0 Å². The maximum atomic E-state index is 12.4. The summed E-state index contributed by atoms with van der Waals surface area (Å²) in [5.41, 5.74) is 9.21. The van der Waals surface area contributed by atoms with Crippen LogP contribution in [0.4, 0.5) is 5.69 Å². The first kappa shape index (κ1) is 11.7. The number of carbonyl (C=O) groups excluding carboxylic acids is 1. The van der Waals surface area contributed by atoms with Crippen LogP contribution in [0.15, 0.2) is 42.6 Å². The van der Waals surface area contributed by atoms with Gasteiger partial charge in [0.1, 0.15) is 0 Å². The molecule has 2 N–H and O–H groups in total. The van der Waals surface area contributed by atoms with Crippen molar-refractivity contribution in [1.29, 1.82) is 0 Å². The smallest absolute Gasteiger partial charge is 0.254 e. The molecule has 0 spiro atoms. The van der Waals surface area contributed by atoms with Gasteiger partial charge < -0.3 is 10.6 Å². The number of hydrogen-bond acceptors (Lipinski definition) is 3. The Hall–Kier alpha value is -2.36. The standard InChI is InChI=1S/C15H15N3O/c16-13-5-1-3-11(9-13)15(19)18-8-6-14-12(10-18)4-2-7-17-14/h1-5,7,9H,6,8,10,16H2. The number of rotatable bonds is 1. The first-order valence-electron chi connectivity index (χ1n) is 6.31. The molecule has 1 aromatic heterocycles. The first-order chi connectivity index (χ1) is 9.24. The molecule has 0 saturated heterocycles. The van der Waals surface area contributed by atoms with Gasteiger partial charge in [0, 0.05) is 42.7 Å². The van der Waals surface area contributed by atoms with Gasteiger partial charge in [-0.1, -0.05) is 12.1 Å². The second kappa shape index (κ2) is 4.72. The average Bonchev–Trinajstić information content (AvgIpc) is 2.46. The summed E-state index contributed by atoms with van der Waals surface area (Å²) in [7, 11) is 0. The highest BCUT2D eigenvalue weighted by Crippen LogP contribution is 2.19. The molecule has 2 heterocycles. The van der Waals surface area contributed by atoms with Crippen LogP contribution in [0.2, 0.25) is 0 Å². The fourth-order valence-electron chi connectivity index (χ4n) is 2.39. The van der Waals surface area contributed by atoms with E-state index >= 15 is 0 Å². The molecule has 0 fully saturated rings. The van der Waals surface area contributed by atoms with E-state index in [0.29, 0.717) is 24.3 Å². The van der Waals surface area contributed by atoms with E-state index in [1.165, 1.54) is 0 Å². The molecular formula is C15H15N3O. The minimum absolute atomic E-state index is 0.0294. The summed E-state index contributed by atoms with van der Waals surface area (Å²) in [5, 5.41) is 0. The van der Waals surface area contributed by atoms with Gasteiger partial charge in [0.15, 0.2) is 0 Å². The van der Waals surface area contributed by atoms with Crippen molar-refractivity contribution in [2.45, 2.75) is 13.0 Å². The van der Waals surface area contributed by atoms with Crippen LogP contribution in [-0.2, 0) is 13.0 Å². The molecule has 2 aromatic rings. The van der Waals surface area contributed by atoms with E-state index in [0.717, 1.165) is 17.7 Å². The van der Waals surface area contributed by atoms with Gasteiger partial charge in [0.25, 0.3) is 5.91 Å². The lowest BCUT2D eigenvalue weighted by Crippen LogP contribution is -2.36. The molecular weight excluding hydrogens is 238 g/mol. The van der Waals surface area contributed by atoms with E-state index in [2.05, 4.69) is 4.98 Å². The molecule has 1 aliphatic rings. The number of nitrogens with two attached hydrogens (primary N) is 1. The minimum atomic E-state index is 0.0294. The molecule has 0 unspecified atom stereocenters. The quantitative estimate of drug-likeness (QED) is 0.789. The topological polar surface area (TPSA) is 59.2 Å². The Morgan fingerprint density at radius 3 is 3.00 bits per heavy atom. The lowest BCUT2D eigenvalue weighted by Gasteiger charge is -2.28. The number of nitrogens with zero attached hydrogens (tertiary/aromatic N) is 2. The zero-order chi connectivity index (χ0) is 13.2. The van der Waals surface area contributed by atoms with Crippen molar-refractivity contribution in [2.24, 2.45) is 0 Å². The van der Waals surface area contributed by atoms with Crippen LogP contribution in [0.3, 0.4) is 0 Å². The fraction of sp³-hybridized carbons (Fsp3) is 0.200. The van der Waals surface area contributed by atoms with E-state index in [1.807, 2.05) is 23.1 Å². The van der Waals surface area contributed by atoms with Crippen molar-refractivity contribution in [3.05, 3.63) is 59.4 Å². The third kappa shape index (κ3) is 2.29. The Morgan fingerprint density at radius 1 is 1.26 bits per heavy atom. The molecule has 0 bridgehead atoms. The van der Waals surface area contributed by atoms with Crippen molar-refractivity contribution in [3.8, 4) is 0 Å². The molecule has 0 atom stereocenters. The number of anilines is 1. The number of carbonyl (C=O) groups is 1. The van der Waals surface area contributed by atoms with Gasteiger partial charge in [-0.3, -0.25) is 9.78 Å². The molecule has 0 aliphatic carbocycles. The van der Waals surface area contributed by atoms with Crippen molar-refractivity contribution < 1.29 is 4.79 Å². The molecule has 4 nitrogen and oxygen atoms in total. The zero-order valence-electron chi connectivity index (χ0n) is 10.5. The summed E-state index contributed by atoms with van der Waals surface area (Å²) in [6.45, 7) is 1.33. The molecule has 1 aliphatic heterocycles. The third-order valence-corrected chi connectivity index (χ3v) is 3.39. The molecule has 1 aromatic carbocycles. The van der Waals surface area contributed by atoms with Gasteiger partial charge in [-0.2, -0.15) is 0 Å². The summed E-state index contributed by atoms with van der Waals surface area (Å²) in [6.07, 6.45) is 2.61. The second-order valence-corrected chi connectivity index (χ2v) is 4.71. The Bertz CT molecular complexity index is 624. The fourth-order valence-corrected chi connectivity index (χ4v) is 2.39. The number of amides is 1. The number of aromatic nitrogens is 1. The average molecular weight is 253 g/mol. The van der Waals surface area contributed by atoms with E-state index in [1.54, 1.807) is 24.4 Å². The number of pyridine rings is 1. The van der Waals surface area contributed by atoms with Crippen LogP contribution in [0.5, 0.6) is 0 Å². The summed E-state index contributed by atoms with van der Waals surface area (Å²) >= 11 is 0. The van der Waals surface area contributed by atoms with Gasteiger partial charge >= 0.3 is 0 Å². The van der Waals surface area contributed by atoms with E-state index in [4.69, 9.17) is 5.73 Å². The highest BCUT2D eigenvalue weighted by Gasteiger charge is 2.22. The van der Waals surface area contributed by atoms with Crippen molar-refractivity contribution in [2.75, 3.05) is 12.3 Å². The third-order valence-electron chi connectivity index (χ3n) is 3.39. The van der Waals surface area contributed by atoms with Gasteiger partial charge in [0.05, 0.1) is 0 Å². The Labute approximate surface area is 111 Å². The highest BCUT2D eigenvalue weighted by molar-refractivity contribution is 5.95. The minimum Gasteiger partial charge on any atom is -0.399 e. The lowest BCUT2D eigenvalue weighted by molar-refractivity contribution is 0.0733. The normalized spacial score (nSPS) is 14.0. The maximum absolute atomic E-state index is 12.4. The predicted octanol–water partition coefficient (Wildman–Crippen LogP) is 1.86. The van der Waals surface area contributed by atoms with Crippen LogP contribution in [-0.4, -0.2) is 22.3 Å². The van der Waals surface area contributed by atoms with E-state index in [-0.39, 0.29) is 5.91 Å². The molecule has 3 rings (SSSR count). The molecule has 1 amide bonds. The van der Waals surface area contributed by atoms with Gasteiger partial charge in [-0.05, 0) is 29.8 Å². The SMILES string of the molecule is Nc1cccc(C(=O)N2CCc3ncccc3C2)c1. The summed E-state index contributed by atoms with van der Waals surface area (Å²) in [5.74, 6) is 0.0294. The van der Waals surface area contributed by atoms with Crippen LogP contribution >= 0.6 is 0 Å². The Kier molecular flexibility index (Phi) is 2.91. The number of hydrogen-bond donors (Lipinski definition) is 1. The number of fused-ring (bicyclic) bond motifs is 1. The largest absolute Gasteiger partial charge is 0.399 e. The zero-order valence-corrected chi connectivity index (χ0v) is 10.5. The van der Waals surface area contributed by atoms with Gasteiger partial charge in [-0.25, -0.2) is 0 Å². The van der Waals surface area contributed by atoms with Crippen LogP contribution in [0.25, 0.3) is 0 Å². The van der Waals surface area contributed by atoms with E-state index in [9.17, 15) is 4.79 Å². The molecule has 0 saturated carbocycles. The number of nitrogen functional groups attached to an aromatic ring is 1.